The fraction of sp³-hybridized carbons (Fsp3) is 0.241. The fourth-order valence-electron chi connectivity index (χ4n) is 3.45. The van der Waals surface area contributed by atoms with Crippen molar-refractivity contribution < 1.29 is 39.6 Å². The quantitative estimate of drug-likeness (QED) is 0.242. The van der Waals surface area contributed by atoms with Gasteiger partial charge in [0.15, 0.2) is 0 Å². The monoisotopic (exact) mass is 532 g/mol. The van der Waals surface area contributed by atoms with E-state index in [1.54, 1.807) is 0 Å². The Morgan fingerprint density at radius 3 is 1.51 bits per heavy atom. The van der Waals surface area contributed by atoms with Gasteiger partial charge in [-0.25, -0.2) is 0 Å². The zero-order chi connectivity index (χ0) is 29.0. The SMILES string of the molecule is C#CCN1CCN(Cc2ccccc2Cc2ccccc2)CC1.O=C([O-])C=CC(=O)[O-].O=C([O-])C=CC(=O)[O-]. The van der Waals surface area contributed by atoms with Gasteiger partial charge in [0.1, 0.15) is 0 Å². The Morgan fingerprint density at radius 1 is 0.667 bits per heavy atom. The van der Waals surface area contributed by atoms with E-state index >= 15 is 0 Å². The molecule has 0 saturated carbocycles. The molecule has 39 heavy (non-hydrogen) atoms. The molecule has 10 heteroatoms. The molecule has 10 nitrogen and oxygen atoms in total. The smallest absolute Gasteiger partial charge is 0.0643 e. The molecule has 3 rings (SSSR count). The molecule has 0 radical (unpaired) electrons. The van der Waals surface area contributed by atoms with Crippen LogP contribution < -0.4 is 20.4 Å². The van der Waals surface area contributed by atoms with Crippen molar-refractivity contribution >= 4 is 23.9 Å². The largest absolute Gasteiger partial charge is 0.545 e. The van der Waals surface area contributed by atoms with E-state index in [2.05, 4.69) is 70.3 Å². The third-order valence-electron chi connectivity index (χ3n) is 5.24. The molecule has 2 aromatic carbocycles. The highest BCUT2D eigenvalue weighted by Crippen LogP contribution is 2.17. The maximum Gasteiger partial charge on any atom is 0.0643 e. The van der Waals surface area contributed by atoms with Crippen molar-refractivity contribution in [3.05, 3.63) is 95.6 Å². The van der Waals surface area contributed by atoms with Crippen LogP contribution in [0.25, 0.3) is 0 Å². The predicted molar refractivity (Wildman–Crippen MR) is 135 cm³/mol. The predicted octanol–water partition coefficient (Wildman–Crippen LogP) is -2.89. The van der Waals surface area contributed by atoms with E-state index in [4.69, 9.17) is 6.42 Å². The highest BCUT2D eigenvalue weighted by molar-refractivity contribution is 5.88. The van der Waals surface area contributed by atoms with Crippen molar-refractivity contribution in [2.24, 2.45) is 0 Å². The molecular weight excluding hydrogens is 504 g/mol. The second-order valence-corrected chi connectivity index (χ2v) is 8.13. The van der Waals surface area contributed by atoms with Gasteiger partial charge >= 0.3 is 0 Å². The number of rotatable bonds is 9. The van der Waals surface area contributed by atoms with Gasteiger partial charge in [-0.15, -0.1) is 6.42 Å². The fourth-order valence-corrected chi connectivity index (χ4v) is 3.45. The molecule has 1 fully saturated rings. The normalized spacial score (nSPS) is 13.4. The Balaban J connectivity index is 0.000000393. The number of aliphatic carboxylic acids is 4. The number of carbonyl (C=O) groups is 4. The highest BCUT2D eigenvalue weighted by Gasteiger charge is 2.17. The molecule has 0 unspecified atom stereocenters. The van der Waals surface area contributed by atoms with E-state index in [9.17, 15) is 39.6 Å². The Morgan fingerprint density at radius 2 is 1.08 bits per heavy atom. The van der Waals surface area contributed by atoms with Crippen molar-refractivity contribution in [1.29, 1.82) is 0 Å². The number of hydrogen-bond donors (Lipinski definition) is 0. The Hall–Kier alpha value is -4.72. The van der Waals surface area contributed by atoms with Gasteiger partial charge in [-0.2, -0.15) is 0 Å². The lowest BCUT2D eigenvalue weighted by molar-refractivity contribution is -0.301. The van der Waals surface area contributed by atoms with Crippen LogP contribution in [-0.4, -0.2) is 66.4 Å². The number of carboxylic acid groups (broad SMARTS) is 4. The molecule has 0 N–H and O–H groups in total. The van der Waals surface area contributed by atoms with E-state index in [0.717, 1.165) is 45.7 Å². The van der Waals surface area contributed by atoms with Crippen LogP contribution in [0.4, 0.5) is 0 Å². The molecule has 0 aliphatic carbocycles. The summed E-state index contributed by atoms with van der Waals surface area (Å²) >= 11 is 0. The van der Waals surface area contributed by atoms with Crippen LogP contribution in [0.2, 0.25) is 0 Å². The van der Waals surface area contributed by atoms with E-state index < -0.39 is 23.9 Å². The lowest BCUT2D eigenvalue weighted by Gasteiger charge is -2.34. The maximum absolute atomic E-state index is 9.41. The van der Waals surface area contributed by atoms with Gasteiger partial charge in [0, 0.05) is 32.7 Å². The zero-order valence-electron chi connectivity index (χ0n) is 21.2. The molecule has 206 valence electrons. The number of piperazine rings is 1. The van der Waals surface area contributed by atoms with Crippen molar-refractivity contribution in [3.63, 3.8) is 0 Å². The Bertz CT molecular complexity index is 1110. The summed E-state index contributed by atoms with van der Waals surface area (Å²) < 4.78 is 0. The van der Waals surface area contributed by atoms with Crippen molar-refractivity contribution in [1.82, 2.24) is 9.80 Å². The van der Waals surface area contributed by atoms with Gasteiger partial charge in [0.25, 0.3) is 0 Å². The first-order chi connectivity index (χ1) is 18.6. The number of hydrogen-bond acceptors (Lipinski definition) is 10. The first-order valence-electron chi connectivity index (χ1n) is 11.8. The van der Waals surface area contributed by atoms with Gasteiger partial charge in [-0.05, 0) is 47.4 Å². The van der Waals surface area contributed by atoms with Crippen LogP contribution in [0, 0.1) is 12.3 Å². The highest BCUT2D eigenvalue weighted by atomic mass is 16.4. The summed E-state index contributed by atoms with van der Waals surface area (Å²) in [5.74, 6) is -3.44. The molecule has 1 saturated heterocycles. The van der Waals surface area contributed by atoms with E-state index in [0.29, 0.717) is 24.3 Å². The minimum Gasteiger partial charge on any atom is -0.545 e. The molecule has 0 atom stereocenters. The topological polar surface area (TPSA) is 167 Å². The summed E-state index contributed by atoms with van der Waals surface area (Å²) in [4.78, 5) is 42.6. The van der Waals surface area contributed by atoms with Crippen LogP contribution in [0.1, 0.15) is 16.7 Å². The first-order valence-corrected chi connectivity index (χ1v) is 11.8. The second-order valence-electron chi connectivity index (χ2n) is 8.13. The number of nitrogens with zero attached hydrogens (tertiary/aromatic N) is 2. The minimum atomic E-state index is -1.55. The second kappa shape index (κ2) is 18.5. The van der Waals surface area contributed by atoms with E-state index in [-0.39, 0.29) is 0 Å². The minimum absolute atomic E-state index is 0.384. The summed E-state index contributed by atoms with van der Waals surface area (Å²) in [7, 11) is 0. The average Bonchev–Trinajstić information content (AvgIpc) is 2.90. The molecule has 0 amide bonds. The standard InChI is InChI=1S/C21H24N2.2C4H4O4/c1-2-12-22-13-15-23(16-14-22)18-21-11-7-6-10-20(21)17-19-8-4-3-5-9-19;2*5-3(6)1-2-4(7)8/h1,3-11H,12-18H2;2*1-2H,(H,5,6)(H,7,8)/p-4. The van der Waals surface area contributed by atoms with Crippen LogP contribution in [0.3, 0.4) is 0 Å². The molecule has 0 bridgehead atoms. The molecule has 1 aliphatic heterocycles. The van der Waals surface area contributed by atoms with Crippen molar-refractivity contribution in [3.8, 4) is 12.3 Å². The number of benzene rings is 2. The van der Waals surface area contributed by atoms with E-state index in [1.807, 2.05) is 0 Å². The number of carboxylic acids is 4. The molecule has 1 aliphatic rings. The van der Waals surface area contributed by atoms with Crippen LogP contribution >= 0.6 is 0 Å². The van der Waals surface area contributed by atoms with Gasteiger partial charge in [-0.3, -0.25) is 9.80 Å². The van der Waals surface area contributed by atoms with Gasteiger partial charge in [0.05, 0.1) is 30.4 Å². The third-order valence-corrected chi connectivity index (χ3v) is 5.24. The molecule has 0 aromatic heterocycles. The summed E-state index contributed by atoms with van der Waals surface area (Å²) in [5, 5.41) is 37.7. The lowest BCUT2D eigenvalue weighted by Crippen LogP contribution is -2.45. The van der Waals surface area contributed by atoms with Gasteiger partial charge < -0.3 is 39.6 Å². The van der Waals surface area contributed by atoms with Crippen molar-refractivity contribution in [2.75, 3.05) is 32.7 Å². The lowest BCUT2D eigenvalue weighted by atomic mass is 9.99. The summed E-state index contributed by atoms with van der Waals surface area (Å²) in [6.45, 7) is 6.16. The average molecular weight is 533 g/mol. The van der Waals surface area contributed by atoms with Crippen molar-refractivity contribution in [2.45, 2.75) is 13.0 Å². The molecule has 0 spiro atoms. The first kappa shape index (κ1) is 32.3. The van der Waals surface area contributed by atoms with E-state index in [1.165, 1.54) is 16.7 Å². The Labute approximate surface area is 227 Å². The Kier molecular flexibility index (Phi) is 15.3. The zero-order valence-corrected chi connectivity index (χ0v) is 21.2. The van der Waals surface area contributed by atoms with Crippen LogP contribution in [-0.2, 0) is 32.1 Å². The number of carbonyl (C=O) groups excluding carboxylic acids is 4. The van der Waals surface area contributed by atoms with Crippen LogP contribution in [0.15, 0.2) is 78.9 Å². The van der Waals surface area contributed by atoms with Gasteiger partial charge in [-0.1, -0.05) is 60.5 Å². The summed E-state index contributed by atoms with van der Waals surface area (Å²) in [6, 6.07) is 19.5. The molecular formula is C29H28N2O8-4. The van der Waals surface area contributed by atoms with Gasteiger partial charge in [0.2, 0.25) is 0 Å². The molecule has 2 aromatic rings. The maximum atomic E-state index is 9.41. The molecule has 1 heterocycles. The number of terminal acetylenes is 1. The van der Waals surface area contributed by atoms with Crippen LogP contribution in [0.5, 0.6) is 0 Å². The summed E-state index contributed by atoms with van der Waals surface area (Å²) in [5.41, 5.74) is 4.25. The summed E-state index contributed by atoms with van der Waals surface area (Å²) in [6.07, 6.45) is 7.95. The third kappa shape index (κ3) is 15.9.